The summed E-state index contributed by atoms with van der Waals surface area (Å²) >= 11 is 0. The Kier molecular flexibility index (Phi) is 6.56. The van der Waals surface area contributed by atoms with E-state index in [0.717, 1.165) is 77.2 Å². The SMILES string of the molecule is N#Cc1ccc2c3ccccc3n(-c3cc(-c4ccccc4)cc(-c4cccc(-n5c6ccccc6c6ccc(C#N)cc65)c4C#N)c3)c2c1. The zero-order valence-electron chi connectivity index (χ0n) is 26.7. The highest BCUT2D eigenvalue weighted by Crippen LogP contribution is 2.40. The van der Waals surface area contributed by atoms with Crippen LogP contribution in [0.5, 0.6) is 0 Å². The minimum Gasteiger partial charge on any atom is -0.309 e. The van der Waals surface area contributed by atoms with Crippen molar-refractivity contribution in [1.29, 1.82) is 15.8 Å². The van der Waals surface area contributed by atoms with Crippen LogP contribution in [-0.2, 0) is 0 Å². The lowest BCUT2D eigenvalue weighted by molar-refractivity contribution is 1.16. The van der Waals surface area contributed by atoms with Crippen LogP contribution in [0.25, 0.3) is 77.2 Å². The summed E-state index contributed by atoms with van der Waals surface area (Å²) in [6.45, 7) is 0. The maximum atomic E-state index is 10.9. The first-order valence-corrected chi connectivity index (χ1v) is 16.3. The zero-order chi connectivity index (χ0) is 33.8. The molecule has 0 saturated heterocycles. The molecule has 0 radical (unpaired) electrons. The molecule has 0 aliphatic rings. The monoisotopic (exact) mass is 635 g/mol. The second-order valence-electron chi connectivity index (χ2n) is 12.3. The number of hydrogen-bond acceptors (Lipinski definition) is 3. The number of nitriles is 3. The normalized spacial score (nSPS) is 11.1. The van der Waals surface area contributed by atoms with Crippen LogP contribution in [0.3, 0.4) is 0 Å². The van der Waals surface area contributed by atoms with Gasteiger partial charge in [0.2, 0.25) is 0 Å². The molecule has 0 N–H and O–H groups in total. The Hall–Kier alpha value is -7.39. The van der Waals surface area contributed by atoms with Crippen molar-refractivity contribution >= 4 is 43.6 Å². The number of aromatic nitrogens is 2. The first-order chi connectivity index (χ1) is 24.7. The van der Waals surface area contributed by atoms with Crippen LogP contribution in [-0.4, -0.2) is 9.13 Å². The van der Waals surface area contributed by atoms with E-state index in [9.17, 15) is 15.8 Å². The summed E-state index contributed by atoms with van der Waals surface area (Å²) in [5, 5.41) is 34.8. The molecule has 0 spiro atoms. The lowest BCUT2D eigenvalue weighted by Gasteiger charge is -2.17. The summed E-state index contributed by atoms with van der Waals surface area (Å²) < 4.78 is 4.32. The third-order valence-corrected chi connectivity index (χ3v) is 9.59. The van der Waals surface area contributed by atoms with Crippen LogP contribution in [0.4, 0.5) is 0 Å². The lowest BCUT2D eigenvalue weighted by Crippen LogP contribution is -2.01. The van der Waals surface area contributed by atoms with E-state index in [2.05, 4.69) is 81.9 Å². The van der Waals surface area contributed by atoms with Gasteiger partial charge >= 0.3 is 0 Å². The van der Waals surface area contributed by atoms with Crippen LogP contribution >= 0.6 is 0 Å². The van der Waals surface area contributed by atoms with Gasteiger partial charge in [0, 0.05) is 32.8 Å². The van der Waals surface area contributed by atoms with E-state index in [0.29, 0.717) is 16.7 Å². The quantitative estimate of drug-likeness (QED) is 0.193. The van der Waals surface area contributed by atoms with Crippen LogP contribution < -0.4 is 0 Å². The van der Waals surface area contributed by atoms with Gasteiger partial charge in [0.25, 0.3) is 0 Å². The fourth-order valence-corrected chi connectivity index (χ4v) is 7.40. The molecule has 230 valence electrons. The molecule has 5 heteroatoms. The molecule has 7 aromatic carbocycles. The largest absolute Gasteiger partial charge is 0.309 e. The highest BCUT2D eigenvalue weighted by molar-refractivity contribution is 6.11. The molecule has 0 aliphatic heterocycles. The molecule has 2 aromatic heterocycles. The molecule has 0 saturated carbocycles. The molecule has 50 heavy (non-hydrogen) atoms. The Balaban J connectivity index is 1.35. The van der Waals surface area contributed by atoms with Crippen LogP contribution in [0.2, 0.25) is 0 Å². The molecule has 0 bridgehead atoms. The number of benzene rings is 7. The van der Waals surface area contributed by atoms with E-state index in [1.165, 1.54) is 0 Å². The molecule has 0 unspecified atom stereocenters. The molecular formula is C45H25N5. The molecular weight excluding hydrogens is 611 g/mol. The van der Waals surface area contributed by atoms with Gasteiger partial charge in [0.1, 0.15) is 6.07 Å². The molecule has 9 aromatic rings. The van der Waals surface area contributed by atoms with Gasteiger partial charge in [0.15, 0.2) is 0 Å². The first kappa shape index (κ1) is 28.8. The van der Waals surface area contributed by atoms with Gasteiger partial charge in [-0.05, 0) is 77.4 Å². The van der Waals surface area contributed by atoms with Crippen molar-refractivity contribution in [2.24, 2.45) is 0 Å². The average Bonchev–Trinajstić information content (AvgIpc) is 3.69. The summed E-state index contributed by atoms with van der Waals surface area (Å²) in [6.07, 6.45) is 0. The van der Waals surface area contributed by atoms with E-state index >= 15 is 0 Å². The lowest BCUT2D eigenvalue weighted by atomic mass is 9.94. The highest BCUT2D eigenvalue weighted by atomic mass is 15.0. The maximum absolute atomic E-state index is 10.9. The van der Waals surface area contributed by atoms with Crippen molar-refractivity contribution in [3.8, 4) is 51.8 Å². The number of hydrogen-bond donors (Lipinski definition) is 0. The van der Waals surface area contributed by atoms with Crippen molar-refractivity contribution in [3.63, 3.8) is 0 Å². The Morgan fingerprint density at radius 1 is 0.380 bits per heavy atom. The van der Waals surface area contributed by atoms with Gasteiger partial charge in [-0.15, -0.1) is 0 Å². The van der Waals surface area contributed by atoms with Crippen LogP contribution in [0.15, 0.2) is 152 Å². The van der Waals surface area contributed by atoms with E-state index in [1.807, 2.05) is 97.1 Å². The van der Waals surface area contributed by atoms with E-state index in [4.69, 9.17) is 0 Å². The average molecular weight is 636 g/mol. The summed E-state index contributed by atoms with van der Waals surface area (Å²) in [5.41, 5.74) is 10.9. The molecule has 0 amide bonds. The Bertz CT molecular complexity index is 2960. The molecule has 0 aliphatic carbocycles. The molecule has 5 nitrogen and oxygen atoms in total. The summed E-state index contributed by atoms with van der Waals surface area (Å²) in [6, 6.07) is 57.8. The Morgan fingerprint density at radius 3 is 1.58 bits per heavy atom. The highest BCUT2D eigenvalue weighted by Gasteiger charge is 2.20. The molecule has 0 atom stereocenters. The van der Waals surface area contributed by atoms with Crippen molar-refractivity contribution in [2.75, 3.05) is 0 Å². The van der Waals surface area contributed by atoms with Gasteiger partial charge in [-0.25, -0.2) is 0 Å². The van der Waals surface area contributed by atoms with Gasteiger partial charge in [-0.2, -0.15) is 15.8 Å². The van der Waals surface area contributed by atoms with E-state index in [1.54, 1.807) is 0 Å². The third-order valence-electron chi connectivity index (χ3n) is 9.59. The Labute approximate surface area is 287 Å². The minimum absolute atomic E-state index is 0.530. The number of nitrogens with zero attached hydrogens (tertiary/aromatic N) is 5. The second kappa shape index (κ2) is 11.4. The Morgan fingerprint density at radius 2 is 0.940 bits per heavy atom. The number of rotatable bonds is 4. The molecule has 2 heterocycles. The van der Waals surface area contributed by atoms with E-state index in [-0.39, 0.29) is 0 Å². The van der Waals surface area contributed by atoms with Crippen molar-refractivity contribution in [3.05, 3.63) is 168 Å². The number of fused-ring (bicyclic) bond motifs is 6. The van der Waals surface area contributed by atoms with Crippen molar-refractivity contribution in [1.82, 2.24) is 9.13 Å². The third kappa shape index (κ3) is 4.38. The smallest absolute Gasteiger partial charge is 0.102 e. The fraction of sp³-hybridized carbons (Fsp3) is 0. The van der Waals surface area contributed by atoms with Gasteiger partial charge in [0.05, 0.1) is 56.6 Å². The summed E-state index contributed by atoms with van der Waals surface area (Å²) in [7, 11) is 0. The van der Waals surface area contributed by atoms with Gasteiger partial charge in [-0.1, -0.05) is 91.0 Å². The standard InChI is InChI=1S/C45H25N5/c46-26-29-17-19-38-36-11-4-6-14-41(36)49(44(38)21-29)34-24-32(31-9-2-1-3-10-31)23-33(25-34)35-13-8-16-43(40(35)28-48)50-42-15-7-5-12-37(42)39-20-18-30(27-47)22-45(39)50/h1-25H. The minimum atomic E-state index is 0.530. The molecule has 0 fully saturated rings. The predicted molar refractivity (Wildman–Crippen MR) is 200 cm³/mol. The number of para-hydroxylation sites is 2. The summed E-state index contributed by atoms with van der Waals surface area (Å²) in [5.74, 6) is 0. The zero-order valence-corrected chi connectivity index (χ0v) is 26.7. The fourth-order valence-electron chi connectivity index (χ4n) is 7.40. The van der Waals surface area contributed by atoms with Crippen molar-refractivity contribution < 1.29 is 0 Å². The van der Waals surface area contributed by atoms with Gasteiger partial charge < -0.3 is 9.13 Å². The van der Waals surface area contributed by atoms with E-state index < -0.39 is 0 Å². The topological polar surface area (TPSA) is 81.2 Å². The molecule has 9 rings (SSSR count). The summed E-state index contributed by atoms with van der Waals surface area (Å²) in [4.78, 5) is 0. The van der Waals surface area contributed by atoms with Crippen molar-refractivity contribution in [2.45, 2.75) is 0 Å². The second-order valence-corrected chi connectivity index (χ2v) is 12.3. The predicted octanol–water partition coefficient (Wildman–Crippen LogP) is 10.8. The van der Waals surface area contributed by atoms with Crippen LogP contribution in [0.1, 0.15) is 16.7 Å². The van der Waals surface area contributed by atoms with Gasteiger partial charge in [-0.3, -0.25) is 0 Å². The first-order valence-electron chi connectivity index (χ1n) is 16.3. The van der Waals surface area contributed by atoms with Crippen LogP contribution in [0, 0.1) is 34.0 Å². The maximum Gasteiger partial charge on any atom is 0.102 e.